The first kappa shape index (κ1) is 20.3. The summed E-state index contributed by atoms with van der Waals surface area (Å²) in [6, 6.07) is 6.23. The molecule has 1 aromatic carbocycles. The maximum Gasteiger partial charge on any atom is 0.257 e. The fraction of sp³-hybridized carbons (Fsp3) is 0.474. The SMILES string of the molecule is O=C(COc1ccc(S(=O)(=O)N2CCCCC2)cc1)NCCCn1ccnc1. The summed E-state index contributed by atoms with van der Waals surface area (Å²) in [7, 11) is -3.45. The van der Waals surface area contributed by atoms with Crippen LogP contribution in [0.4, 0.5) is 0 Å². The molecule has 3 rings (SSSR count). The Balaban J connectivity index is 1.41. The molecule has 1 amide bonds. The van der Waals surface area contributed by atoms with Crippen molar-refractivity contribution in [2.24, 2.45) is 0 Å². The molecule has 1 aliphatic rings. The first-order valence-electron chi connectivity index (χ1n) is 9.51. The average Bonchev–Trinajstić information content (AvgIpc) is 3.24. The van der Waals surface area contributed by atoms with Crippen molar-refractivity contribution in [3.8, 4) is 5.75 Å². The van der Waals surface area contributed by atoms with Gasteiger partial charge in [-0.2, -0.15) is 4.31 Å². The van der Waals surface area contributed by atoms with Crippen molar-refractivity contribution >= 4 is 15.9 Å². The zero-order chi connectivity index (χ0) is 19.8. The van der Waals surface area contributed by atoms with Crippen molar-refractivity contribution in [1.82, 2.24) is 19.2 Å². The number of nitrogens with zero attached hydrogens (tertiary/aromatic N) is 3. The van der Waals surface area contributed by atoms with Gasteiger partial charge in [-0.25, -0.2) is 13.4 Å². The van der Waals surface area contributed by atoms with Gasteiger partial charge in [-0.15, -0.1) is 0 Å². The average molecular weight is 407 g/mol. The van der Waals surface area contributed by atoms with Crippen molar-refractivity contribution in [3.63, 3.8) is 0 Å². The molecule has 8 nitrogen and oxygen atoms in total. The van der Waals surface area contributed by atoms with E-state index in [4.69, 9.17) is 4.74 Å². The second kappa shape index (κ2) is 9.70. The third kappa shape index (κ3) is 5.56. The summed E-state index contributed by atoms with van der Waals surface area (Å²) in [5.41, 5.74) is 0. The molecule has 2 heterocycles. The molecular formula is C19H26N4O4S. The molecule has 2 aromatic rings. The zero-order valence-electron chi connectivity index (χ0n) is 15.8. The number of sulfonamides is 1. The van der Waals surface area contributed by atoms with Gasteiger partial charge in [-0.05, 0) is 43.5 Å². The summed E-state index contributed by atoms with van der Waals surface area (Å²) in [5, 5.41) is 2.79. The topological polar surface area (TPSA) is 93.5 Å². The summed E-state index contributed by atoms with van der Waals surface area (Å²) in [6.07, 6.45) is 9.00. The van der Waals surface area contributed by atoms with Crippen molar-refractivity contribution in [3.05, 3.63) is 43.0 Å². The smallest absolute Gasteiger partial charge is 0.257 e. The Morgan fingerprint density at radius 1 is 1.14 bits per heavy atom. The Bertz CT molecular complexity index is 845. The van der Waals surface area contributed by atoms with Gasteiger partial charge in [0.05, 0.1) is 11.2 Å². The van der Waals surface area contributed by atoms with Gasteiger partial charge in [-0.3, -0.25) is 4.79 Å². The number of rotatable bonds is 9. The Labute approximate surface area is 165 Å². The fourth-order valence-corrected chi connectivity index (χ4v) is 4.59. The Hall–Kier alpha value is -2.39. The molecule has 1 aliphatic heterocycles. The van der Waals surface area contributed by atoms with Crippen LogP contribution in [0.2, 0.25) is 0 Å². The van der Waals surface area contributed by atoms with Gasteiger partial charge in [0.2, 0.25) is 10.0 Å². The largest absolute Gasteiger partial charge is 0.484 e. The Kier molecular flexibility index (Phi) is 7.05. The highest BCUT2D eigenvalue weighted by molar-refractivity contribution is 7.89. The van der Waals surface area contributed by atoms with Crippen LogP contribution in [0.25, 0.3) is 0 Å². The predicted molar refractivity (Wildman–Crippen MR) is 104 cm³/mol. The van der Waals surface area contributed by atoms with Gasteiger partial charge in [-0.1, -0.05) is 6.42 Å². The molecule has 0 saturated carbocycles. The Morgan fingerprint density at radius 3 is 2.57 bits per heavy atom. The summed E-state index contributed by atoms with van der Waals surface area (Å²) < 4.78 is 34.1. The van der Waals surface area contributed by atoms with E-state index in [9.17, 15) is 13.2 Å². The van der Waals surface area contributed by atoms with E-state index in [2.05, 4.69) is 10.3 Å². The van der Waals surface area contributed by atoms with Crippen LogP contribution in [-0.2, 0) is 21.4 Å². The predicted octanol–water partition coefficient (Wildman–Crippen LogP) is 1.64. The van der Waals surface area contributed by atoms with E-state index < -0.39 is 10.0 Å². The second-order valence-electron chi connectivity index (χ2n) is 6.73. The second-order valence-corrected chi connectivity index (χ2v) is 8.67. The number of nitrogens with one attached hydrogen (secondary N) is 1. The summed E-state index contributed by atoms with van der Waals surface area (Å²) in [4.78, 5) is 16.1. The maximum absolute atomic E-state index is 12.6. The molecule has 152 valence electrons. The lowest BCUT2D eigenvalue weighted by atomic mass is 10.2. The van der Waals surface area contributed by atoms with E-state index in [1.54, 1.807) is 24.7 Å². The molecule has 1 fully saturated rings. The number of amides is 1. The van der Waals surface area contributed by atoms with Crippen molar-refractivity contribution in [2.75, 3.05) is 26.2 Å². The number of aryl methyl sites for hydroxylation is 1. The van der Waals surface area contributed by atoms with E-state index in [1.165, 1.54) is 16.4 Å². The quantitative estimate of drug-likeness (QED) is 0.639. The minimum Gasteiger partial charge on any atom is -0.484 e. The lowest BCUT2D eigenvalue weighted by molar-refractivity contribution is -0.123. The summed E-state index contributed by atoms with van der Waals surface area (Å²) in [6.45, 7) is 2.37. The number of aromatic nitrogens is 2. The molecule has 1 N–H and O–H groups in total. The maximum atomic E-state index is 12.6. The van der Waals surface area contributed by atoms with Crippen molar-refractivity contribution in [2.45, 2.75) is 37.1 Å². The van der Waals surface area contributed by atoms with Crippen LogP contribution in [0.1, 0.15) is 25.7 Å². The molecule has 9 heteroatoms. The monoisotopic (exact) mass is 406 g/mol. The van der Waals surface area contributed by atoms with E-state index in [-0.39, 0.29) is 17.4 Å². The van der Waals surface area contributed by atoms with Crippen molar-refractivity contribution in [1.29, 1.82) is 0 Å². The highest BCUT2D eigenvalue weighted by Crippen LogP contribution is 2.22. The third-order valence-electron chi connectivity index (χ3n) is 4.62. The third-order valence-corrected chi connectivity index (χ3v) is 6.53. The highest BCUT2D eigenvalue weighted by Gasteiger charge is 2.25. The van der Waals surface area contributed by atoms with Crippen LogP contribution in [0, 0.1) is 0 Å². The molecule has 1 saturated heterocycles. The van der Waals surface area contributed by atoms with Gasteiger partial charge in [0.15, 0.2) is 6.61 Å². The summed E-state index contributed by atoms with van der Waals surface area (Å²) >= 11 is 0. The molecule has 1 aromatic heterocycles. The van der Waals surface area contributed by atoms with Gasteiger partial charge < -0.3 is 14.6 Å². The molecule has 0 radical (unpaired) electrons. The first-order valence-corrected chi connectivity index (χ1v) is 11.0. The van der Waals surface area contributed by atoms with Crippen LogP contribution in [0.3, 0.4) is 0 Å². The molecule has 0 aliphatic carbocycles. The lowest BCUT2D eigenvalue weighted by Gasteiger charge is -2.25. The minimum absolute atomic E-state index is 0.108. The number of benzene rings is 1. The van der Waals surface area contributed by atoms with Gasteiger partial charge in [0.1, 0.15) is 5.75 Å². The molecule has 0 bridgehead atoms. The van der Waals surface area contributed by atoms with Gasteiger partial charge in [0, 0.05) is 38.6 Å². The number of hydrogen-bond acceptors (Lipinski definition) is 5. The van der Waals surface area contributed by atoms with Crippen LogP contribution in [-0.4, -0.2) is 54.4 Å². The van der Waals surface area contributed by atoms with Crippen LogP contribution in [0.5, 0.6) is 5.75 Å². The number of hydrogen-bond donors (Lipinski definition) is 1. The zero-order valence-corrected chi connectivity index (χ0v) is 16.6. The molecule has 0 unspecified atom stereocenters. The Morgan fingerprint density at radius 2 is 1.89 bits per heavy atom. The number of carbonyl (C=O) groups excluding carboxylic acids is 1. The molecule has 0 spiro atoms. The van der Waals surface area contributed by atoms with E-state index in [0.717, 1.165) is 32.2 Å². The fourth-order valence-electron chi connectivity index (χ4n) is 3.07. The normalized spacial score (nSPS) is 15.3. The minimum atomic E-state index is -3.45. The van der Waals surface area contributed by atoms with Gasteiger partial charge >= 0.3 is 0 Å². The van der Waals surface area contributed by atoms with Gasteiger partial charge in [0.25, 0.3) is 5.91 Å². The molecule has 0 atom stereocenters. The first-order chi connectivity index (χ1) is 13.6. The van der Waals surface area contributed by atoms with Crippen LogP contribution >= 0.6 is 0 Å². The number of carbonyl (C=O) groups is 1. The van der Waals surface area contributed by atoms with Crippen molar-refractivity contribution < 1.29 is 17.9 Å². The number of ether oxygens (including phenoxy) is 1. The number of imidazole rings is 1. The van der Waals surface area contributed by atoms with Crippen LogP contribution < -0.4 is 10.1 Å². The number of piperidine rings is 1. The lowest BCUT2D eigenvalue weighted by Crippen LogP contribution is -2.35. The van der Waals surface area contributed by atoms with E-state index in [1.807, 2.05) is 10.8 Å². The highest BCUT2D eigenvalue weighted by atomic mass is 32.2. The van der Waals surface area contributed by atoms with E-state index >= 15 is 0 Å². The molecule has 28 heavy (non-hydrogen) atoms. The standard InChI is InChI=1S/C19H26N4O4S/c24-19(21-9-4-11-22-14-10-20-16-22)15-27-17-5-7-18(8-6-17)28(25,26)23-12-2-1-3-13-23/h5-8,10,14,16H,1-4,9,11-13,15H2,(H,21,24). The van der Waals surface area contributed by atoms with E-state index in [0.29, 0.717) is 25.4 Å². The molecular weight excluding hydrogens is 380 g/mol. The summed E-state index contributed by atoms with van der Waals surface area (Å²) in [5.74, 6) is 0.252. The van der Waals surface area contributed by atoms with Crippen LogP contribution in [0.15, 0.2) is 47.9 Å².